The molecule has 0 radical (unpaired) electrons. The number of thiazole rings is 1. The molecule has 1 aromatic heterocycles. The van der Waals surface area contributed by atoms with E-state index in [9.17, 15) is 0 Å². The maximum Gasteiger partial charge on any atom is 0.133 e. The summed E-state index contributed by atoms with van der Waals surface area (Å²) in [7, 11) is 0. The zero-order valence-electron chi connectivity index (χ0n) is 7.81. The minimum absolute atomic E-state index is 0.386. The lowest BCUT2D eigenvalue weighted by Crippen LogP contribution is -1.98. The Hall–Kier alpha value is -1.26. The molecule has 0 saturated heterocycles. The van der Waals surface area contributed by atoms with Crippen molar-refractivity contribution in [3.8, 4) is 5.75 Å². The van der Waals surface area contributed by atoms with E-state index in [0.29, 0.717) is 16.6 Å². The second-order valence-corrected chi connectivity index (χ2v) is 4.23. The van der Waals surface area contributed by atoms with Gasteiger partial charge < -0.3 is 10.5 Å². The summed E-state index contributed by atoms with van der Waals surface area (Å²) in [5.41, 5.74) is 8.16. The molecule has 0 atom stereocenters. The van der Waals surface area contributed by atoms with E-state index in [-0.39, 0.29) is 0 Å². The van der Waals surface area contributed by atoms with Gasteiger partial charge in [-0.3, -0.25) is 0 Å². The van der Waals surface area contributed by atoms with E-state index in [1.165, 1.54) is 11.3 Å². The van der Waals surface area contributed by atoms with Crippen molar-refractivity contribution in [2.24, 2.45) is 0 Å². The van der Waals surface area contributed by atoms with Crippen LogP contribution in [0.15, 0.2) is 29.8 Å². The van der Waals surface area contributed by atoms with E-state index < -0.39 is 0 Å². The van der Waals surface area contributed by atoms with Gasteiger partial charge in [-0.25, -0.2) is 4.98 Å². The minimum Gasteiger partial charge on any atom is -0.487 e. The summed E-state index contributed by atoms with van der Waals surface area (Å²) in [5, 5.41) is 1.39. The van der Waals surface area contributed by atoms with Crippen LogP contribution in [0.2, 0.25) is 5.02 Å². The van der Waals surface area contributed by atoms with Crippen molar-refractivity contribution in [1.82, 2.24) is 4.98 Å². The predicted octanol–water partition coefficient (Wildman–Crippen LogP) is 2.96. The average Bonchev–Trinajstić information content (AvgIpc) is 2.63. The largest absolute Gasteiger partial charge is 0.487 e. The SMILES string of the molecule is Nc1scnc1COc1ccc(Cl)cc1. The van der Waals surface area contributed by atoms with Gasteiger partial charge in [0.05, 0.1) is 5.51 Å². The molecule has 3 nitrogen and oxygen atoms in total. The van der Waals surface area contributed by atoms with Gasteiger partial charge in [0.15, 0.2) is 0 Å². The van der Waals surface area contributed by atoms with Crippen molar-refractivity contribution in [2.75, 3.05) is 5.73 Å². The molecule has 78 valence electrons. The van der Waals surface area contributed by atoms with Crippen LogP contribution in [0, 0.1) is 0 Å². The fourth-order valence-electron chi connectivity index (χ4n) is 1.07. The van der Waals surface area contributed by atoms with Gasteiger partial charge in [-0.1, -0.05) is 11.6 Å². The van der Waals surface area contributed by atoms with Gasteiger partial charge in [0.2, 0.25) is 0 Å². The van der Waals surface area contributed by atoms with Gasteiger partial charge >= 0.3 is 0 Å². The van der Waals surface area contributed by atoms with E-state index in [1.54, 1.807) is 17.6 Å². The molecule has 0 fully saturated rings. The first-order valence-corrected chi connectivity index (χ1v) is 5.57. The zero-order valence-corrected chi connectivity index (χ0v) is 9.39. The number of rotatable bonds is 3. The number of aromatic nitrogens is 1. The maximum absolute atomic E-state index is 5.75. The Morgan fingerprint density at radius 1 is 1.33 bits per heavy atom. The molecule has 1 heterocycles. The van der Waals surface area contributed by atoms with Crippen LogP contribution < -0.4 is 10.5 Å². The van der Waals surface area contributed by atoms with Crippen LogP contribution in [0.3, 0.4) is 0 Å². The Morgan fingerprint density at radius 3 is 2.67 bits per heavy atom. The molecule has 0 spiro atoms. The van der Waals surface area contributed by atoms with Crippen LogP contribution in [0.25, 0.3) is 0 Å². The summed E-state index contributed by atoms with van der Waals surface area (Å²) < 4.78 is 5.49. The van der Waals surface area contributed by atoms with E-state index in [4.69, 9.17) is 22.1 Å². The summed E-state index contributed by atoms with van der Waals surface area (Å²) in [6.07, 6.45) is 0. The van der Waals surface area contributed by atoms with Crippen LogP contribution in [0.4, 0.5) is 5.00 Å². The highest BCUT2D eigenvalue weighted by Gasteiger charge is 2.02. The lowest BCUT2D eigenvalue weighted by molar-refractivity contribution is 0.303. The van der Waals surface area contributed by atoms with Gasteiger partial charge in [0, 0.05) is 5.02 Å². The van der Waals surface area contributed by atoms with Gasteiger partial charge in [-0.05, 0) is 24.3 Å². The molecule has 2 rings (SSSR count). The van der Waals surface area contributed by atoms with Crippen molar-refractivity contribution >= 4 is 27.9 Å². The van der Waals surface area contributed by atoms with Crippen LogP contribution in [-0.4, -0.2) is 4.98 Å². The fourth-order valence-corrected chi connectivity index (χ4v) is 1.74. The average molecular weight is 241 g/mol. The predicted molar refractivity (Wildman–Crippen MR) is 62.3 cm³/mol. The molecule has 2 N–H and O–H groups in total. The fraction of sp³-hybridized carbons (Fsp3) is 0.100. The molecule has 0 unspecified atom stereocenters. The number of hydrogen-bond acceptors (Lipinski definition) is 4. The quantitative estimate of drug-likeness (QED) is 0.897. The Labute approximate surface area is 96.5 Å². The summed E-state index contributed by atoms with van der Waals surface area (Å²) in [6.45, 7) is 0.386. The third-order valence-electron chi connectivity index (χ3n) is 1.86. The Kier molecular flexibility index (Phi) is 3.08. The van der Waals surface area contributed by atoms with E-state index in [2.05, 4.69) is 4.98 Å². The molecule has 1 aromatic carbocycles. The highest BCUT2D eigenvalue weighted by molar-refractivity contribution is 7.13. The number of nitrogen functional groups attached to an aromatic ring is 1. The van der Waals surface area contributed by atoms with Gasteiger partial charge in [0.1, 0.15) is 23.1 Å². The van der Waals surface area contributed by atoms with Crippen molar-refractivity contribution in [3.63, 3.8) is 0 Å². The van der Waals surface area contributed by atoms with Crippen molar-refractivity contribution in [1.29, 1.82) is 0 Å². The maximum atomic E-state index is 5.75. The summed E-state index contributed by atoms with van der Waals surface area (Å²) in [4.78, 5) is 4.09. The monoisotopic (exact) mass is 240 g/mol. The third-order valence-corrected chi connectivity index (χ3v) is 2.81. The molecule has 2 aromatic rings. The molecular formula is C10H9ClN2OS. The van der Waals surface area contributed by atoms with Crippen LogP contribution in [-0.2, 0) is 6.61 Å². The Bertz CT molecular complexity index is 441. The van der Waals surface area contributed by atoms with E-state index in [1.807, 2.05) is 12.1 Å². The lowest BCUT2D eigenvalue weighted by Gasteiger charge is -2.04. The van der Waals surface area contributed by atoms with Crippen molar-refractivity contribution in [3.05, 3.63) is 40.5 Å². The van der Waals surface area contributed by atoms with Gasteiger partial charge in [0.25, 0.3) is 0 Å². The summed E-state index contributed by atoms with van der Waals surface area (Å²) >= 11 is 7.16. The highest BCUT2D eigenvalue weighted by atomic mass is 35.5. The highest BCUT2D eigenvalue weighted by Crippen LogP contribution is 2.20. The van der Waals surface area contributed by atoms with E-state index >= 15 is 0 Å². The van der Waals surface area contributed by atoms with Gasteiger partial charge in [-0.15, -0.1) is 11.3 Å². The lowest BCUT2D eigenvalue weighted by atomic mass is 10.3. The third kappa shape index (κ3) is 2.61. The smallest absolute Gasteiger partial charge is 0.133 e. The number of nitrogens with zero attached hydrogens (tertiary/aromatic N) is 1. The molecular weight excluding hydrogens is 232 g/mol. The van der Waals surface area contributed by atoms with Crippen molar-refractivity contribution in [2.45, 2.75) is 6.61 Å². The minimum atomic E-state index is 0.386. The Morgan fingerprint density at radius 2 is 2.07 bits per heavy atom. The second kappa shape index (κ2) is 4.51. The van der Waals surface area contributed by atoms with Crippen LogP contribution in [0.5, 0.6) is 5.75 Å². The molecule has 0 aliphatic heterocycles. The topological polar surface area (TPSA) is 48.1 Å². The van der Waals surface area contributed by atoms with Crippen LogP contribution >= 0.6 is 22.9 Å². The molecule has 0 aliphatic rings. The summed E-state index contributed by atoms with van der Waals surface area (Å²) in [5.74, 6) is 0.756. The van der Waals surface area contributed by atoms with Crippen LogP contribution in [0.1, 0.15) is 5.69 Å². The first-order chi connectivity index (χ1) is 7.25. The van der Waals surface area contributed by atoms with E-state index in [0.717, 1.165) is 11.4 Å². The number of benzene rings is 1. The molecule has 5 heteroatoms. The normalized spacial score (nSPS) is 10.2. The summed E-state index contributed by atoms with van der Waals surface area (Å²) in [6, 6.07) is 7.18. The molecule has 0 amide bonds. The molecule has 0 bridgehead atoms. The second-order valence-electron chi connectivity index (χ2n) is 2.91. The first-order valence-electron chi connectivity index (χ1n) is 4.32. The number of anilines is 1. The van der Waals surface area contributed by atoms with Crippen molar-refractivity contribution < 1.29 is 4.74 Å². The molecule has 15 heavy (non-hydrogen) atoms. The zero-order chi connectivity index (χ0) is 10.7. The molecule has 0 saturated carbocycles. The standard InChI is InChI=1S/C10H9ClN2OS/c11-7-1-3-8(4-2-7)14-5-9-10(12)15-6-13-9/h1-4,6H,5,12H2. The molecule has 0 aliphatic carbocycles. The Balaban J connectivity index is 1.99. The number of ether oxygens (including phenoxy) is 1. The number of nitrogens with two attached hydrogens (primary N) is 1. The number of halogens is 1. The first kappa shape index (κ1) is 10.3. The van der Waals surface area contributed by atoms with Gasteiger partial charge in [-0.2, -0.15) is 0 Å². The number of hydrogen-bond donors (Lipinski definition) is 1.